The van der Waals surface area contributed by atoms with Crippen LogP contribution in [-0.2, 0) is 13.2 Å². The van der Waals surface area contributed by atoms with Crippen LogP contribution in [0.2, 0.25) is 5.02 Å². The number of likely N-dealkylation sites (tertiary alicyclic amines) is 1. The van der Waals surface area contributed by atoms with E-state index in [1.54, 1.807) is 0 Å². The van der Waals surface area contributed by atoms with Crippen LogP contribution < -0.4 is 4.90 Å². The van der Waals surface area contributed by atoms with Crippen LogP contribution in [0.1, 0.15) is 19.8 Å². The molecular formula is C16H22ClN4OS+. The Hall–Kier alpha value is -1.21. The second-order valence-corrected chi connectivity index (χ2v) is 6.82. The first-order chi connectivity index (χ1) is 11.1. The monoisotopic (exact) mass is 353 g/mol. The van der Waals surface area contributed by atoms with Crippen LogP contribution in [0.3, 0.4) is 0 Å². The summed E-state index contributed by atoms with van der Waals surface area (Å²) in [6, 6.07) is 7.66. The Morgan fingerprint density at radius 1 is 1.39 bits per heavy atom. The molecule has 0 spiro atoms. The molecule has 2 aromatic rings. The topological polar surface area (TPSA) is 47.4 Å². The van der Waals surface area contributed by atoms with E-state index in [2.05, 4.69) is 6.92 Å². The summed E-state index contributed by atoms with van der Waals surface area (Å²) in [4.78, 5) is 1.32. The Morgan fingerprint density at radius 2 is 2.13 bits per heavy atom. The van der Waals surface area contributed by atoms with Gasteiger partial charge in [0.25, 0.3) is 0 Å². The number of hydrogen-bond acceptors (Lipinski definition) is 3. The van der Waals surface area contributed by atoms with Gasteiger partial charge in [-0.1, -0.05) is 11.6 Å². The molecule has 5 nitrogen and oxygen atoms in total. The van der Waals surface area contributed by atoms with Crippen molar-refractivity contribution < 1.29 is 10.0 Å². The van der Waals surface area contributed by atoms with Crippen molar-refractivity contribution in [1.29, 1.82) is 0 Å². The third-order valence-corrected chi connectivity index (χ3v) is 4.99. The Kier molecular flexibility index (Phi) is 5.16. The number of nitrogens with one attached hydrogen (secondary N) is 1. The standard InChI is InChI=1S/C16H21ClN4OS/c1-2-20-15(12-5-7-13(17)8-6-12)18-21(16(20)23)11-19-9-3-4-14(22)10-19/h5-8,14,22H,2-4,9-11H2,1H3/p+1/t14-/m1/s1. The fraction of sp³-hybridized carbons (Fsp3) is 0.500. The third-order valence-electron chi connectivity index (χ3n) is 4.31. The molecule has 7 heteroatoms. The molecule has 0 radical (unpaired) electrons. The van der Waals surface area contributed by atoms with Gasteiger partial charge in [0, 0.05) is 17.1 Å². The number of nitrogens with zero attached hydrogens (tertiary/aromatic N) is 3. The van der Waals surface area contributed by atoms with E-state index in [4.69, 9.17) is 28.9 Å². The van der Waals surface area contributed by atoms with Crippen molar-refractivity contribution in [2.24, 2.45) is 0 Å². The van der Waals surface area contributed by atoms with E-state index in [-0.39, 0.29) is 6.10 Å². The number of rotatable bonds is 4. The normalized spacial score (nSPS) is 21.5. The first-order valence-electron chi connectivity index (χ1n) is 8.03. The highest BCUT2D eigenvalue weighted by atomic mass is 35.5. The number of aromatic nitrogens is 3. The van der Waals surface area contributed by atoms with Gasteiger partial charge in [-0.2, -0.15) is 4.68 Å². The van der Waals surface area contributed by atoms with Crippen molar-refractivity contribution in [3.8, 4) is 11.4 Å². The molecule has 124 valence electrons. The Balaban J connectivity index is 1.90. The number of quaternary nitrogens is 1. The van der Waals surface area contributed by atoms with Gasteiger partial charge in [0.1, 0.15) is 12.6 Å². The highest BCUT2D eigenvalue weighted by molar-refractivity contribution is 7.71. The lowest BCUT2D eigenvalue weighted by molar-refractivity contribution is -0.931. The summed E-state index contributed by atoms with van der Waals surface area (Å²) in [6.07, 6.45) is 1.73. The molecule has 2 N–H and O–H groups in total. The maximum atomic E-state index is 9.84. The summed E-state index contributed by atoms with van der Waals surface area (Å²) in [5, 5.41) is 15.3. The molecule has 1 aromatic heterocycles. The van der Waals surface area contributed by atoms with Crippen molar-refractivity contribution in [3.05, 3.63) is 34.1 Å². The van der Waals surface area contributed by atoms with Crippen LogP contribution in [-0.4, -0.2) is 38.6 Å². The summed E-state index contributed by atoms with van der Waals surface area (Å²) in [5.74, 6) is 0.867. The number of benzene rings is 1. The molecule has 1 fully saturated rings. The van der Waals surface area contributed by atoms with E-state index in [1.165, 1.54) is 4.90 Å². The van der Waals surface area contributed by atoms with Crippen LogP contribution in [0.15, 0.2) is 24.3 Å². The lowest BCUT2D eigenvalue weighted by Crippen LogP contribution is -3.13. The lowest BCUT2D eigenvalue weighted by atomic mass is 10.1. The minimum Gasteiger partial charge on any atom is -0.387 e. The van der Waals surface area contributed by atoms with Gasteiger partial charge in [0.2, 0.25) is 4.77 Å². The van der Waals surface area contributed by atoms with E-state index < -0.39 is 0 Å². The zero-order valence-electron chi connectivity index (χ0n) is 13.2. The third kappa shape index (κ3) is 3.66. The molecule has 23 heavy (non-hydrogen) atoms. The van der Waals surface area contributed by atoms with Gasteiger partial charge >= 0.3 is 0 Å². The first kappa shape index (κ1) is 16.6. The van der Waals surface area contributed by atoms with Crippen LogP contribution in [0.5, 0.6) is 0 Å². The zero-order valence-corrected chi connectivity index (χ0v) is 14.8. The van der Waals surface area contributed by atoms with Gasteiger partial charge in [-0.3, -0.25) is 0 Å². The molecule has 0 saturated carbocycles. The van der Waals surface area contributed by atoms with Gasteiger partial charge in [0.15, 0.2) is 12.5 Å². The average Bonchev–Trinajstić information content (AvgIpc) is 2.84. The van der Waals surface area contributed by atoms with Crippen LogP contribution in [0, 0.1) is 4.77 Å². The molecule has 1 saturated heterocycles. The summed E-state index contributed by atoms with van der Waals surface area (Å²) >= 11 is 11.6. The number of hydrogen-bond donors (Lipinski definition) is 2. The maximum absolute atomic E-state index is 9.84. The fourth-order valence-corrected chi connectivity index (χ4v) is 3.57. The zero-order chi connectivity index (χ0) is 16.4. The predicted molar refractivity (Wildman–Crippen MR) is 93.1 cm³/mol. The maximum Gasteiger partial charge on any atom is 0.203 e. The predicted octanol–water partition coefficient (Wildman–Crippen LogP) is 1.75. The molecule has 1 unspecified atom stereocenters. The molecule has 3 rings (SSSR count). The van der Waals surface area contributed by atoms with E-state index in [1.807, 2.05) is 33.5 Å². The van der Waals surface area contributed by atoms with Crippen LogP contribution >= 0.6 is 23.8 Å². The molecule has 0 aliphatic carbocycles. The van der Waals surface area contributed by atoms with Gasteiger partial charge in [-0.15, -0.1) is 5.10 Å². The van der Waals surface area contributed by atoms with Gasteiger partial charge in [-0.25, -0.2) is 0 Å². The SMILES string of the molecule is CCn1c(-c2ccc(Cl)cc2)nn(C[NH+]2CCC[C@@H](O)C2)c1=S. The Labute approximate surface area is 146 Å². The second-order valence-electron chi connectivity index (χ2n) is 6.02. The highest BCUT2D eigenvalue weighted by Crippen LogP contribution is 2.20. The summed E-state index contributed by atoms with van der Waals surface area (Å²) in [6.45, 7) is 5.35. The van der Waals surface area contributed by atoms with Crippen molar-refractivity contribution >= 4 is 23.8 Å². The smallest absolute Gasteiger partial charge is 0.203 e. The van der Waals surface area contributed by atoms with E-state index in [0.717, 1.165) is 48.6 Å². The van der Waals surface area contributed by atoms with E-state index in [0.29, 0.717) is 11.7 Å². The van der Waals surface area contributed by atoms with Gasteiger partial charge in [-0.05, 0) is 56.2 Å². The molecule has 1 aliphatic rings. The second kappa shape index (κ2) is 7.13. The van der Waals surface area contributed by atoms with Crippen molar-refractivity contribution in [2.75, 3.05) is 13.1 Å². The molecule has 1 aliphatic heterocycles. The van der Waals surface area contributed by atoms with Crippen molar-refractivity contribution in [2.45, 2.75) is 39.1 Å². The molecular weight excluding hydrogens is 332 g/mol. The molecule has 2 atom stereocenters. The quantitative estimate of drug-likeness (QED) is 0.823. The van der Waals surface area contributed by atoms with Crippen LogP contribution in [0.4, 0.5) is 0 Å². The first-order valence-corrected chi connectivity index (χ1v) is 8.82. The van der Waals surface area contributed by atoms with Crippen molar-refractivity contribution in [1.82, 2.24) is 14.3 Å². The average molecular weight is 354 g/mol. The minimum atomic E-state index is -0.211. The largest absolute Gasteiger partial charge is 0.387 e. The highest BCUT2D eigenvalue weighted by Gasteiger charge is 2.22. The minimum absolute atomic E-state index is 0.211. The molecule has 0 amide bonds. The summed E-state index contributed by atoms with van der Waals surface area (Å²) in [5.41, 5.74) is 1.01. The Morgan fingerprint density at radius 3 is 2.78 bits per heavy atom. The summed E-state index contributed by atoms with van der Waals surface area (Å²) in [7, 11) is 0. The molecule has 2 heterocycles. The molecule has 1 aromatic carbocycles. The summed E-state index contributed by atoms with van der Waals surface area (Å²) < 4.78 is 4.65. The number of piperidine rings is 1. The number of aliphatic hydroxyl groups is 1. The lowest BCUT2D eigenvalue weighted by Gasteiger charge is -2.26. The van der Waals surface area contributed by atoms with Gasteiger partial charge in [0.05, 0.1) is 6.54 Å². The fourth-order valence-electron chi connectivity index (χ4n) is 3.12. The van der Waals surface area contributed by atoms with E-state index in [9.17, 15) is 5.11 Å². The number of aliphatic hydroxyl groups excluding tert-OH is 1. The Bertz CT molecular complexity index is 725. The van der Waals surface area contributed by atoms with E-state index >= 15 is 0 Å². The van der Waals surface area contributed by atoms with Crippen molar-refractivity contribution in [3.63, 3.8) is 0 Å². The van der Waals surface area contributed by atoms with Gasteiger partial charge < -0.3 is 14.6 Å². The van der Waals surface area contributed by atoms with Crippen LogP contribution in [0.25, 0.3) is 11.4 Å². The molecule has 0 bridgehead atoms. The number of halogens is 1.